The molecule has 158 valence electrons. The van der Waals surface area contributed by atoms with E-state index in [1.165, 1.54) is 0 Å². The number of H-pyrrole nitrogens is 1. The van der Waals surface area contributed by atoms with Gasteiger partial charge >= 0.3 is 0 Å². The first-order chi connectivity index (χ1) is 15.1. The highest BCUT2D eigenvalue weighted by Crippen LogP contribution is 2.29. The van der Waals surface area contributed by atoms with Crippen LogP contribution >= 0.6 is 23.8 Å². The van der Waals surface area contributed by atoms with Crippen molar-refractivity contribution in [2.45, 2.75) is 13.2 Å². The third kappa shape index (κ3) is 5.01. The molecule has 31 heavy (non-hydrogen) atoms. The van der Waals surface area contributed by atoms with Crippen molar-refractivity contribution in [1.29, 1.82) is 0 Å². The molecule has 0 amide bonds. The van der Waals surface area contributed by atoms with Crippen LogP contribution in [0.5, 0.6) is 11.5 Å². The SMILES string of the molecule is COc1cc(CNn2c(-c3ccncc3)n[nH]c2=S)ccc1OCc1ccc(Cl)nc1. The predicted octanol–water partition coefficient (Wildman–Crippen LogP) is 4.38. The molecule has 4 aromatic rings. The van der Waals surface area contributed by atoms with Gasteiger partial charge in [0.05, 0.1) is 13.7 Å². The molecule has 0 bridgehead atoms. The summed E-state index contributed by atoms with van der Waals surface area (Å²) in [7, 11) is 1.61. The summed E-state index contributed by atoms with van der Waals surface area (Å²) in [6, 6.07) is 13.1. The summed E-state index contributed by atoms with van der Waals surface area (Å²) in [5.41, 5.74) is 6.09. The Hall–Kier alpha value is -3.43. The number of ether oxygens (including phenoxy) is 2. The summed E-state index contributed by atoms with van der Waals surface area (Å²) in [5, 5.41) is 7.56. The number of benzene rings is 1. The van der Waals surface area contributed by atoms with E-state index in [4.69, 9.17) is 33.3 Å². The van der Waals surface area contributed by atoms with Crippen molar-refractivity contribution in [3.05, 3.63) is 82.1 Å². The largest absolute Gasteiger partial charge is 0.493 e. The molecule has 0 fully saturated rings. The second-order valence-electron chi connectivity index (χ2n) is 6.52. The Morgan fingerprint density at radius 1 is 1.10 bits per heavy atom. The topological polar surface area (TPSA) is 89.9 Å². The number of methoxy groups -OCH3 is 1. The van der Waals surface area contributed by atoms with E-state index in [2.05, 4.69) is 25.6 Å². The van der Waals surface area contributed by atoms with Gasteiger partial charge in [0.15, 0.2) is 17.3 Å². The lowest BCUT2D eigenvalue weighted by Gasteiger charge is -2.14. The molecule has 0 atom stereocenters. The third-order valence-electron chi connectivity index (χ3n) is 4.46. The maximum Gasteiger partial charge on any atom is 0.214 e. The fourth-order valence-corrected chi connectivity index (χ4v) is 3.21. The average molecular weight is 455 g/mol. The lowest BCUT2D eigenvalue weighted by Crippen LogP contribution is -2.16. The second-order valence-corrected chi connectivity index (χ2v) is 7.30. The van der Waals surface area contributed by atoms with Gasteiger partial charge in [-0.2, -0.15) is 5.10 Å². The lowest BCUT2D eigenvalue weighted by atomic mass is 10.2. The number of hydrogen-bond acceptors (Lipinski definition) is 7. The van der Waals surface area contributed by atoms with Crippen LogP contribution in [-0.4, -0.2) is 32.0 Å². The Labute approximate surface area is 188 Å². The van der Waals surface area contributed by atoms with Gasteiger partial charge in [-0.05, 0) is 48.1 Å². The summed E-state index contributed by atoms with van der Waals surface area (Å²) in [6.45, 7) is 0.862. The van der Waals surface area contributed by atoms with E-state index in [-0.39, 0.29) is 0 Å². The standard InChI is InChI=1S/C21H19ClN6O2S/c1-29-18-10-14(2-4-17(18)30-13-15-3-5-19(22)24-11-15)12-25-28-20(26-27-21(28)31)16-6-8-23-9-7-16/h2-11,25H,12-13H2,1H3,(H,27,31). The van der Waals surface area contributed by atoms with Gasteiger partial charge in [-0.15, -0.1) is 0 Å². The summed E-state index contributed by atoms with van der Waals surface area (Å²) >= 11 is 11.2. The van der Waals surface area contributed by atoms with Crippen molar-refractivity contribution in [3.63, 3.8) is 0 Å². The van der Waals surface area contributed by atoms with Crippen LogP contribution in [-0.2, 0) is 13.2 Å². The molecule has 4 rings (SSSR count). The molecule has 2 N–H and O–H groups in total. The Morgan fingerprint density at radius 2 is 1.90 bits per heavy atom. The van der Waals surface area contributed by atoms with Crippen molar-refractivity contribution in [2.24, 2.45) is 0 Å². The predicted molar refractivity (Wildman–Crippen MR) is 120 cm³/mol. The van der Waals surface area contributed by atoms with Gasteiger partial charge in [-0.1, -0.05) is 23.7 Å². The molecule has 0 aliphatic rings. The Kier molecular flexibility index (Phi) is 6.44. The van der Waals surface area contributed by atoms with E-state index in [9.17, 15) is 0 Å². The highest BCUT2D eigenvalue weighted by Gasteiger charge is 2.10. The smallest absolute Gasteiger partial charge is 0.214 e. The van der Waals surface area contributed by atoms with Gasteiger partial charge in [0.1, 0.15) is 11.8 Å². The molecule has 0 unspecified atom stereocenters. The monoisotopic (exact) mass is 454 g/mol. The summed E-state index contributed by atoms with van der Waals surface area (Å²) in [6.07, 6.45) is 5.10. The van der Waals surface area contributed by atoms with E-state index in [0.29, 0.717) is 40.4 Å². The highest BCUT2D eigenvalue weighted by atomic mass is 35.5. The molecule has 3 aromatic heterocycles. The van der Waals surface area contributed by atoms with Gasteiger partial charge in [0.25, 0.3) is 0 Å². The van der Waals surface area contributed by atoms with Crippen LogP contribution in [0.4, 0.5) is 0 Å². The van der Waals surface area contributed by atoms with Crippen LogP contribution in [0, 0.1) is 4.77 Å². The molecule has 3 heterocycles. The number of rotatable bonds is 8. The minimum Gasteiger partial charge on any atom is -0.493 e. The molecule has 0 saturated heterocycles. The Morgan fingerprint density at radius 3 is 2.65 bits per heavy atom. The number of nitrogens with zero attached hydrogens (tertiary/aromatic N) is 4. The quantitative estimate of drug-likeness (QED) is 0.301. The molecule has 1 aromatic carbocycles. The molecule has 0 aliphatic carbocycles. The molecular formula is C21H19ClN6O2S. The zero-order chi connectivity index (χ0) is 21.6. The number of nitrogens with one attached hydrogen (secondary N) is 2. The summed E-state index contributed by atoms with van der Waals surface area (Å²) < 4.78 is 13.6. The molecule has 8 nitrogen and oxygen atoms in total. The summed E-state index contributed by atoms with van der Waals surface area (Å²) in [4.78, 5) is 8.09. The number of pyridine rings is 2. The first kappa shape index (κ1) is 20.8. The molecule has 10 heteroatoms. The molecule has 0 radical (unpaired) electrons. The minimum absolute atomic E-state index is 0.359. The van der Waals surface area contributed by atoms with Crippen LogP contribution in [0.2, 0.25) is 5.15 Å². The molecule has 0 saturated carbocycles. The molecular weight excluding hydrogens is 436 g/mol. The van der Waals surface area contributed by atoms with Crippen LogP contribution < -0.4 is 14.9 Å². The van der Waals surface area contributed by atoms with Gasteiger partial charge in [-0.25, -0.2) is 14.8 Å². The van der Waals surface area contributed by atoms with E-state index in [1.807, 2.05) is 36.4 Å². The fraction of sp³-hybridized carbons (Fsp3) is 0.143. The van der Waals surface area contributed by atoms with Crippen LogP contribution in [0.25, 0.3) is 11.4 Å². The number of aromatic nitrogens is 5. The van der Waals surface area contributed by atoms with Crippen LogP contribution in [0.15, 0.2) is 61.1 Å². The van der Waals surface area contributed by atoms with Crippen molar-refractivity contribution < 1.29 is 9.47 Å². The zero-order valence-electron chi connectivity index (χ0n) is 16.6. The van der Waals surface area contributed by atoms with Crippen molar-refractivity contribution >= 4 is 23.8 Å². The van der Waals surface area contributed by atoms with Crippen molar-refractivity contribution in [3.8, 4) is 22.9 Å². The first-order valence-electron chi connectivity index (χ1n) is 9.36. The van der Waals surface area contributed by atoms with Crippen LogP contribution in [0.3, 0.4) is 0 Å². The third-order valence-corrected chi connectivity index (χ3v) is 4.96. The van der Waals surface area contributed by atoms with E-state index in [1.54, 1.807) is 36.4 Å². The normalized spacial score (nSPS) is 10.6. The maximum atomic E-state index is 5.88. The van der Waals surface area contributed by atoms with Gasteiger partial charge in [0, 0.05) is 29.7 Å². The number of halogens is 1. The van der Waals surface area contributed by atoms with E-state index < -0.39 is 0 Å². The number of hydrogen-bond donors (Lipinski definition) is 2. The second kappa shape index (κ2) is 9.59. The molecule has 0 spiro atoms. The zero-order valence-corrected chi connectivity index (χ0v) is 18.2. The maximum absolute atomic E-state index is 5.88. The van der Waals surface area contributed by atoms with Crippen molar-refractivity contribution in [2.75, 3.05) is 12.5 Å². The van der Waals surface area contributed by atoms with Gasteiger partial charge in [-0.3, -0.25) is 4.98 Å². The summed E-state index contributed by atoms with van der Waals surface area (Å²) in [5.74, 6) is 1.95. The number of aromatic amines is 1. The van der Waals surface area contributed by atoms with Crippen molar-refractivity contribution in [1.82, 2.24) is 24.8 Å². The average Bonchev–Trinajstić information content (AvgIpc) is 3.18. The molecule has 0 aliphatic heterocycles. The van der Waals surface area contributed by atoms with E-state index in [0.717, 1.165) is 16.7 Å². The minimum atomic E-state index is 0.359. The Bertz CT molecular complexity index is 1210. The lowest BCUT2D eigenvalue weighted by molar-refractivity contribution is 0.284. The van der Waals surface area contributed by atoms with Gasteiger partial charge in [0.2, 0.25) is 4.77 Å². The van der Waals surface area contributed by atoms with Gasteiger partial charge < -0.3 is 14.9 Å². The highest BCUT2D eigenvalue weighted by molar-refractivity contribution is 7.71. The Balaban J connectivity index is 1.46. The van der Waals surface area contributed by atoms with E-state index >= 15 is 0 Å². The fourth-order valence-electron chi connectivity index (χ4n) is 2.90. The van der Waals surface area contributed by atoms with Crippen LogP contribution in [0.1, 0.15) is 11.1 Å². The first-order valence-corrected chi connectivity index (χ1v) is 10.1.